The van der Waals surface area contributed by atoms with Crippen LogP contribution in [0.3, 0.4) is 0 Å². The Hall–Kier alpha value is -1.01. The molecule has 0 aliphatic carbocycles. The summed E-state index contributed by atoms with van der Waals surface area (Å²) in [6, 6.07) is 0. The quantitative estimate of drug-likeness (QED) is 0.488. The summed E-state index contributed by atoms with van der Waals surface area (Å²) in [5.74, 6) is 1.13. The number of nitrogens with one attached hydrogen (secondary N) is 2. The minimum absolute atomic E-state index is 1.13. The van der Waals surface area contributed by atoms with Crippen LogP contribution in [0.5, 0.6) is 0 Å². The van der Waals surface area contributed by atoms with Gasteiger partial charge in [-0.2, -0.15) is 0 Å². The molecule has 0 aromatic carbocycles. The molecular formula is C6H11BF4N2. The maximum atomic E-state index is 9.75. The molecule has 7 heteroatoms. The summed E-state index contributed by atoms with van der Waals surface area (Å²) < 4.78 is 39.0. The molecule has 0 atom stereocenters. The zero-order valence-electron chi connectivity index (χ0n) is 7.59. The Morgan fingerprint density at radius 3 is 1.54 bits per heavy atom. The normalized spacial score (nSPS) is 10.7. The van der Waals surface area contributed by atoms with Gasteiger partial charge in [0.1, 0.15) is 11.4 Å². The predicted molar refractivity (Wildman–Crippen MR) is 41.7 cm³/mol. The number of imidazole rings is 1. The molecule has 0 aliphatic rings. The predicted octanol–water partition coefficient (Wildman–Crippen LogP) is 2.05. The minimum atomic E-state index is -6.00. The summed E-state index contributed by atoms with van der Waals surface area (Å²) >= 11 is 0. The van der Waals surface area contributed by atoms with Crippen molar-refractivity contribution in [1.29, 1.82) is 0 Å². The van der Waals surface area contributed by atoms with Gasteiger partial charge in [0.05, 0.1) is 0 Å². The monoisotopic (exact) mass is 198 g/mol. The van der Waals surface area contributed by atoms with Crippen molar-refractivity contribution in [3.63, 3.8) is 0 Å². The van der Waals surface area contributed by atoms with Gasteiger partial charge >= 0.3 is 7.25 Å². The highest BCUT2D eigenvalue weighted by molar-refractivity contribution is 6.50. The number of halogens is 4. The molecule has 1 rings (SSSR count). The second kappa shape index (κ2) is 4.29. The average Bonchev–Trinajstić information content (AvgIpc) is 2.05. The molecule has 0 unspecified atom stereocenters. The van der Waals surface area contributed by atoms with Crippen LogP contribution >= 0.6 is 0 Å². The van der Waals surface area contributed by atoms with E-state index in [9.17, 15) is 17.3 Å². The first-order valence-corrected chi connectivity index (χ1v) is 3.62. The van der Waals surface area contributed by atoms with Crippen molar-refractivity contribution in [3.05, 3.63) is 17.2 Å². The molecule has 0 aliphatic heterocycles. The average molecular weight is 198 g/mol. The van der Waals surface area contributed by atoms with Crippen LogP contribution in [-0.2, 0) is 0 Å². The summed E-state index contributed by atoms with van der Waals surface area (Å²) in [5, 5.41) is 0. The molecule has 2 N–H and O–H groups in total. The van der Waals surface area contributed by atoms with E-state index in [-0.39, 0.29) is 0 Å². The molecule has 0 spiro atoms. The van der Waals surface area contributed by atoms with E-state index in [0.717, 1.165) is 5.82 Å². The SMILES string of the molecule is Cc1[nH]c(C)c(C)[nH+]1.F[B-](F)(F)F. The largest absolute Gasteiger partial charge is 0.673 e. The third-order valence-corrected chi connectivity index (χ3v) is 1.31. The lowest BCUT2D eigenvalue weighted by Crippen LogP contribution is -2.04. The van der Waals surface area contributed by atoms with E-state index in [2.05, 4.69) is 23.8 Å². The maximum Gasteiger partial charge on any atom is 0.673 e. The number of hydrogen-bond donors (Lipinski definition) is 1. The van der Waals surface area contributed by atoms with Crippen LogP contribution in [-0.4, -0.2) is 12.2 Å². The third-order valence-electron chi connectivity index (χ3n) is 1.31. The molecule has 0 saturated carbocycles. The molecule has 1 aromatic rings. The minimum Gasteiger partial charge on any atom is -0.418 e. The van der Waals surface area contributed by atoms with E-state index >= 15 is 0 Å². The lowest BCUT2D eigenvalue weighted by molar-refractivity contribution is -0.394. The van der Waals surface area contributed by atoms with E-state index in [0.29, 0.717) is 0 Å². The molecule has 1 aromatic heterocycles. The van der Waals surface area contributed by atoms with Crippen LogP contribution in [0.15, 0.2) is 0 Å². The standard InChI is InChI=1S/C6H10N2.BF4/c1-4-5(2)8-6(3)7-4;2-1(3,4)5/h1-3H3,(H,7,8);/q;-1/p+1. The van der Waals surface area contributed by atoms with E-state index in [4.69, 9.17) is 0 Å². The van der Waals surface area contributed by atoms with Gasteiger partial charge in [-0.15, -0.1) is 0 Å². The van der Waals surface area contributed by atoms with Gasteiger partial charge in [-0.1, -0.05) is 0 Å². The van der Waals surface area contributed by atoms with Gasteiger partial charge < -0.3 is 17.3 Å². The number of aromatic amines is 2. The van der Waals surface area contributed by atoms with Crippen LogP contribution in [0.2, 0.25) is 0 Å². The molecular weight excluding hydrogens is 187 g/mol. The van der Waals surface area contributed by atoms with Crippen molar-refractivity contribution in [3.8, 4) is 0 Å². The Kier molecular flexibility index (Phi) is 3.96. The van der Waals surface area contributed by atoms with E-state index in [1.165, 1.54) is 11.4 Å². The third kappa shape index (κ3) is 7.36. The molecule has 13 heavy (non-hydrogen) atoms. The Balaban J connectivity index is 0.000000252. The van der Waals surface area contributed by atoms with Crippen LogP contribution in [0.4, 0.5) is 17.3 Å². The Labute approximate surface area is 73.5 Å². The second-order valence-corrected chi connectivity index (χ2v) is 2.62. The van der Waals surface area contributed by atoms with Crippen molar-refractivity contribution >= 4 is 7.25 Å². The highest BCUT2D eigenvalue weighted by atomic mass is 19.5. The Morgan fingerprint density at radius 2 is 1.46 bits per heavy atom. The molecule has 76 valence electrons. The number of H-pyrrole nitrogens is 2. The van der Waals surface area contributed by atoms with Crippen molar-refractivity contribution < 1.29 is 22.2 Å². The summed E-state index contributed by atoms with van der Waals surface area (Å²) in [6.45, 7) is 6.12. The molecule has 2 nitrogen and oxygen atoms in total. The highest BCUT2D eigenvalue weighted by Gasteiger charge is 2.20. The Bertz CT molecular complexity index is 243. The zero-order chi connectivity index (χ0) is 10.6. The molecule has 0 saturated heterocycles. The van der Waals surface area contributed by atoms with Crippen molar-refractivity contribution in [2.24, 2.45) is 0 Å². The van der Waals surface area contributed by atoms with Gasteiger partial charge in [0.2, 0.25) is 5.82 Å². The van der Waals surface area contributed by atoms with Gasteiger partial charge in [-0.25, -0.2) is 9.97 Å². The van der Waals surface area contributed by atoms with Crippen molar-refractivity contribution in [2.45, 2.75) is 20.8 Å². The molecule has 0 radical (unpaired) electrons. The topological polar surface area (TPSA) is 29.9 Å². The first-order chi connectivity index (χ1) is 5.70. The van der Waals surface area contributed by atoms with Gasteiger partial charge in [0, 0.05) is 20.8 Å². The molecule has 1 heterocycles. The number of rotatable bonds is 0. The van der Waals surface area contributed by atoms with E-state index < -0.39 is 7.25 Å². The summed E-state index contributed by atoms with van der Waals surface area (Å²) in [7, 11) is -6.00. The lowest BCUT2D eigenvalue weighted by atomic mass is 10.3. The highest BCUT2D eigenvalue weighted by Crippen LogP contribution is 2.06. The molecule has 0 fully saturated rings. The molecule has 0 amide bonds. The van der Waals surface area contributed by atoms with Crippen LogP contribution in [0.1, 0.15) is 17.2 Å². The Morgan fingerprint density at radius 1 is 1.08 bits per heavy atom. The van der Waals surface area contributed by atoms with Crippen LogP contribution < -0.4 is 4.98 Å². The second-order valence-electron chi connectivity index (χ2n) is 2.62. The van der Waals surface area contributed by atoms with Gasteiger partial charge in [-0.3, -0.25) is 0 Å². The number of aryl methyl sites for hydroxylation is 3. The van der Waals surface area contributed by atoms with Crippen molar-refractivity contribution in [1.82, 2.24) is 4.98 Å². The van der Waals surface area contributed by atoms with Gasteiger partial charge in [-0.05, 0) is 0 Å². The van der Waals surface area contributed by atoms with Gasteiger partial charge in [0.15, 0.2) is 0 Å². The fourth-order valence-electron chi connectivity index (χ4n) is 0.781. The van der Waals surface area contributed by atoms with Gasteiger partial charge in [0.25, 0.3) is 0 Å². The first-order valence-electron chi connectivity index (χ1n) is 3.62. The van der Waals surface area contributed by atoms with E-state index in [1.54, 1.807) is 0 Å². The van der Waals surface area contributed by atoms with Crippen LogP contribution in [0.25, 0.3) is 0 Å². The summed E-state index contributed by atoms with van der Waals surface area (Å²) in [6.07, 6.45) is 0. The van der Waals surface area contributed by atoms with E-state index in [1.807, 2.05) is 6.92 Å². The summed E-state index contributed by atoms with van der Waals surface area (Å²) in [4.78, 5) is 6.30. The molecule has 0 bridgehead atoms. The number of aromatic nitrogens is 2. The van der Waals surface area contributed by atoms with Crippen LogP contribution in [0, 0.1) is 20.8 Å². The smallest absolute Gasteiger partial charge is 0.418 e. The fourth-order valence-corrected chi connectivity index (χ4v) is 0.781. The lowest BCUT2D eigenvalue weighted by Gasteiger charge is -1.94. The number of hydrogen-bond acceptors (Lipinski definition) is 0. The fraction of sp³-hybridized carbons (Fsp3) is 0.500. The maximum absolute atomic E-state index is 9.75. The first kappa shape index (κ1) is 12.0. The zero-order valence-corrected chi connectivity index (χ0v) is 7.59. The van der Waals surface area contributed by atoms with Crippen molar-refractivity contribution in [2.75, 3.05) is 0 Å². The summed E-state index contributed by atoms with van der Waals surface area (Å²) in [5.41, 5.74) is 2.45.